The van der Waals surface area contributed by atoms with Gasteiger partial charge in [-0.1, -0.05) is 133 Å². The highest BCUT2D eigenvalue weighted by atomic mass is 16.3. The first-order chi connectivity index (χ1) is 23.3. The standard InChI is InChI=1S/C43H25N3O/c1-2-10-27(11-3-1)41-44-42(28-18-20-37-36-13-6-7-16-39(36)47-40(37)25-28)46-43(45-41)38-15-8-14-30-33-22-21-31-29-12-5-4-9-26(29)17-19-32(31)34(33)23-24-35(30)38/h1-25H. The molecule has 4 nitrogen and oxygen atoms in total. The zero-order valence-corrected chi connectivity index (χ0v) is 25.2. The summed E-state index contributed by atoms with van der Waals surface area (Å²) in [5.41, 5.74) is 4.45. The van der Waals surface area contributed by atoms with Crippen LogP contribution in [0.4, 0.5) is 0 Å². The van der Waals surface area contributed by atoms with Crippen LogP contribution in [-0.4, -0.2) is 15.0 Å². The molecule has 0 aliphatic carbocycles. The molecule has 10 rings (SSSR count). The van der Waals surface area contributed by atoms with Crippen LogP contribution >= 0.6 is 0 Å². The van der Waals surface area contributed by atoms with Crippen LogP contribution < -0.4 is 0 Å². The summed E-state index contributed by atoms with van der Waals surface area (Å²) in [5, 5.41) is 11.9. The van der Waals surface area contributed by atoms with Gasteiger partial charge >= 0.3 is 0 Å². The highest BCUT2D eigenvalue weighted by Gasteiger charge is 2.17. The maximum Gasteiger partial charge on any atom is 0.164 e. The second-order valence-corrected chi connectivity index (χ2v) is 12.0. The SMILES string of the molecule is c1ccc(-c2nc(-c3ccc4c(c3)oc3ccccc34)nc(-c3cccc4c3ccc3c4ccc4c5ccccc5ccc43)n2)cc1. The summed E-state index contributed by atoms with van der Waals surface area (Å²) < 4.78 is 6.23. The average Bonchev–Trinajstić information content (AvgIpc) is 3.52. The van der Waals surface area contributed by atoms with E-state index in [-0.39, 0.29) is 0 Å². The molecular formula is C43H25N3O. The lowest BCUT2D eigenvalue weighted by Crippen LogP contribution is -2.00. The van der Waals surface area contributed by atoms with Crippen LogP contribution in [0.1, 0.15) is 0 Å². The fraction of sp³-hybridized carbons (Fsp3) is 0. The quantitative estimate of drug-likeness (QED) is 0.190. The number of benzene rings is 8. The molecule has 0 N–H and O–H groups in total. The Kier molecular flexibility index (Phi) is 5.54. The van der Waals surface area contributed by atoms with E-state index in [2.05, 4.69) is 97.1 Å². The highest BCUT2D eigenvalue weighted by molar-refractivity contribution is 6.23. The topological polar surface area (TPSA) is 51.8 Å². The third-order valence-electron chi connectivity index (χ3n) is 9.33. The lowest BCUT2D eigenvalue weighted by molar-refractivity contribution is 0.669. The van der Waals surface area contributed by atoms with E-state index < -0.39 is 0 Å². The largest absolute Gasteiger partial charge is 0.456 e. The molecule has 2 heterocycles. The van der Waals surface area contributed by atoms with Crippen molar-refractivity contribution in [2.24, 2.45) is 0 Å². The van der Waals surface area contributed by atoms with E-state index in [1.807, 2.05) is 54.6 Å². The Balaban J connectivity index is 1.19. The Morgan fingerprint density at radius 1 is 0.319 bits per heavy atom. The lowest BCUT2D eigenvalue weighted by atomic mass is 9.93. The zero-order chi connectivity index (χ0) is 30.9. The predicted molar refractivity (Wildman–Crippen MR) is 193 cm³/mol. The first-order valence-corrected chi connectivity index (χ1v) is 15.8. The van der Waals surface area contributed by atoms with E-state index in [9.17, 15) is 0 Å². The van der Waals surface area contributed by atoms with E-state index in [0.29, 0.717) is 17.5 Å². The third-order valence-corrected chi connectivity index (χ3v) is 9.33. The summed E-state index contributed by atoms with van der Waals surface area (Å²) in [7, 11) is 0. The maximum atomic E-state index is 6.23. The molecule has 4 heteroatoms. The number of hydrogen-bond acceptors (Lipinski definition) is 4. The van der Waals surface area contributed by atoms with Crippen molar-refractivity contribution in [3.05, 3.63) is 152 Å². The van der Waals surface area contributed by atoms with Gasteiger partial charge in [-0.25, -0.2) is 15.0 Å². The van der Waals surface area contributed by atoms with Crippen LogP contribution in [0.5, 0.6) is 0 Å². The van der Waals surface area contributed by atoms with Crippen molar-refractivity contribution in [2.75, 3.05) is 0 Å². The molecule has 0 aliphatic rings. The second-order valence-electron chi connectivity index (χ2n) is 12.0. The first-order valence-electron chi connectivity index (χ1n) is 15.8. The van der Waals surface area contributed by atoms with Crippen molar-refractivity contribution in [2.45, 2.75) is 0 Å². The fourth-order valence-electron chi connectivity index (χ4n) is 7.07. The smallest absolute Gasteiger partial charge is 0.164 e. The van der Waals surface area contributed by atoms with E-state index >= 15 is 0 Å². The predicted octanol–water partition coefficient (Wildman–Crippen LogP) is 11.4. The first kappa shape index (κ1) is 25.9. The maximum absolute atomic E-state index is 6.23. The van der Waals surface area contributed by atoms with Crippen LogP contribution in [0, 0.1) is 0 Å². The van der Waals surface area contributed by atoms with Gasteiger partial charge in [-0.3, -0.25) is 0 Å². The number of rotatable bonds is 3. The monoisotopic (exact) mass is 599 g/mol. The average molecular weight is 600 g/mol. The molecule has 0 aliphatic heterocycles. The Bertz CT molecular complexity index is 2850. The van der Waals surface area contributed by atoms with Crippen molar-refractivity contribution >= 4 is 65.0 Å². The summed E-state index contributed by atoms with van der Waals surface area (Å²) in [6.45, 7) is 0. The molecule has 2 aromatic heterocycles. The van der Waals surface area contributed by atoms with Crippen LogP contribution in [-0.2, 0) is 0 Å². The van der Waals surface area contributed by atoms with Gasteiger partial charge in [0.15, 0.2) is 17.5 Å². The summed E-state index contributed by atoms with van der Waals surface area (Å²) >= 11 is 0. The molecule has 0 radical (unpaired) electrons. The van der Waals surface area contributed by atoms with Crippen LogP contribution in [0.25, 0.3) is 99.2 Å². The summed E-state index contributed by atoms with van der Waals surface area (Å²) in [6.07, 6.45) is 0. The van der Waals surface area contributed by atoms with Gasteiger partial charge < -0.3 is 4.42 Å². The minimum Gasteiger partial charge on any atom is -0.456 e. The van der Waals surface area contributed by atoms with E-state index in [0.717, 1.165) is 44.0 Å². The Morgan fingerprint density at radius 3 is 1.70 bits per heavy atom. The van der Waals surface area contributed by atoms with Gasteiger partial charge in [-0.2, -0.15) is 0 Å². The van der Waals surface area contributed by atoms with Crippen molar-refractivity contribution in [1.29, 1.82) is 0 Å². The number of para-hydroxylation sites is 1. The molecule has 0 unspecified atom stereocenters. The minimum absolute atomic E-state index is 0.604. The summed E-state index contributed by atoms with van der Waals surface area (Å²) in [4.78, 5) is 15.2. The Labute approximate surface area is 269 Å². The van der Waals surface area contributed by atoms with Crippen molar-refractivity contribution in [1.82, 2.24) is 15.0 Å². The molecule has 0 saturated carbocycles. The molecule has 0 bridgehead atoms. The van der Waals surface area contributed by atoms with Gasteiger partial charge in [-0.15, -0.1) is 0 Å². The van der Waals surface area contributed by atoms with Gasteiger partial charge in [0.2, 0.25) is 0 Å². The van der Waals surface area contributed by atoms with Crippen molar-refractivity contribution in [3.8, 4) is 34.2 Å². The molecule has 47 heavy (non-hydrogen) atoms. The molecule has 10 aromatic rings. The fourth-order valence-corrected chi connectivity index (χ4v) is 7.07. The molecule has 0 fully saturated rings. The summed E-state index contributed by atoms with van der Waals surface area (Å²) in [6, 6.07) is 52.9. The number of fused-ring (bicyclic) bond motifs is 10. The van der Waals surface area contributed by atoms with Gasteiger partial charge in [0, 0.05) is 27.5 Å². The Morgan fingerprint density at radius 2 is 0.872 bits per heavy atom. The van der Waals surface area contributed by atoms with Crippen LogP contribution in [0.3, 0.4) is 0 Å². The lowest BCUT2D eigenvalue weighted by Gasteiger charge is -2.13. The molecule has 0 amide bonds. The molecule has 0 saturated heterocycles. The number of furan rings is 1. The molecule has 8 aromatic carbocycles. The number of aromatic nitrogens is 3. The van der Waals surface area contributed by atoms with E-state index in [1.54, 1.807) is 0 Å². The van der Waals surface area contributed by atoms with Crippen LogP contribution in [0.15, 0.2) is 156 Å². The second kappa shape index (κ2) is 10.1. The molecule has 0 atom stereocenters. The van der Waals surface area contributed by atoms with E-state index in [4.69, 9.17) is 19.4 Å². The van der Waals surface area contributed by atoms with Crippen LogP contribution in [0.2, 0.25) is 0 Å². The molecule has 0 spiro atoms. The molecular weight excluding hydrogens is 574 g/mol. The summed E-state index contributed by atoms with van der Waals surface area (Å²) in [5.74, 6) is 1.87. The van der Waals surface area contributed by atoms with Gasteiger partial charge in [0.1, 0.15) is 11.2 Å². The Hall–Kier alpha value is -6.39. The normalized spacial score (nSPS) is 11.8. The minimum atomic E-state index is 0.604. The van der Waals surface area contributed by atoms with E-state index in [1.165, 1.54) is 37.7 Å². The van der Waals surface area contributed by atoms with Gasteiger partial charge in [0.25, 0.3) is 0 Å². The number of hydrogen-bond donors (Lipinski definition) is 0. The molecule has 218 valence electrons. The zero-order valence-electron chi connectivity index (χ0n) is 25.2. The van der Waals surface area contributed by atoms with Crippen molar-refractivity contribution in [3.63, 3.8) is 0 Å². The van der Waals surface area contributed by atoms with Gasteiger partial charge in [-0.05, 0) is 61.3 Å². The highest BCUT2D eigenvalue weighted by Crippen LogP contribution is 2.38. The van der Waals surface area contributed by atoms with Crippen molar-refractivity contribution < 1.29 is 4.42 Å². The number of nitrogens with zero attached hydrogens (tertiary/aromatic N) is 3. The van der Waals surface area contributed by atoms with Gasteiger partial charge in [0.05, 0.1) is 0 Å². The third kappa shape index (κ3) is 4.05.